The molecule has 0 unspecified atom stereocenters. The lowest BCUT2D eigenvalue weighted by Crippen LogP contribution is -2.52. The Bertz CT molecular complexity index is 901. The maximum Gasteiger partial charge on any atom is 0.409 e. The number of carbonyl (C=O) groups is 2. The number of anilines is 2. The molecule has 11 heteroatoms. The molecule has 1 saturated heterocycles. The third-order valence-electron chi connectivity index (χ3n) is 5.33. The number of hydrogen-bond donors (Lipinski definition) is 2. The number of hydrogen-bond acceptors (Lipinski definition) is 7. The van der Waals surface area contributed by atoms with Crippen molar-refractivity contribution < 1.29 is 14.3 Å². The van der Waals surface area contributed by atoms with Crippen LogP contribution in [-0.4, -0.2) is 77.2 Å². The molecule has 1 aliphatic heterocycles. The van der Waals surface area contributed by atoms with E-state index in [2.05, 4.69) is 4.98 Å². The predicted molar refractivity (Wildman–Crippen MR) is 123 cm³/mol. The van der Waals surface area contributed by atoms with Gasteiger partial charge in [-0.3, -0.25) is 24.0 Å². The molecular formula is C21H36N6O5. The molecule has 180 valence electrons. The maximum absolute atomic E-state index is 13.2. The molecule has 0 aliphatic carbocycles. The van der Waals surface area contributed by atoms with Gasteiger partial charge in [0.2, 0.25) is 5.91 Å². The number of H-pyrrole nitrogens is 1. The molecule has 32 heavy (non-hydrogen) atoms. The maximum atomic E-state index is 13.2. The number of carbonyl (C=O) groups excluding carboxylic acids is 2. The first-order valence-corrected chi connectivity index (χ1v) is 11.3. The van der Waals surface area contributed by atoms with E-state index in [4.69, 9.17) is 10.5 Å². The van der Waals surface area contributed by atoms with E-state index in [1.54, 1.807) is 11.8 Å². The average molecular weight is 453 g/mol. The second-order valence-electron chi connectivity index (χ2n) is 8.36. The molecule has 0 radical (unpaired) electrons. The minimum atomic E-state index is -0.663. The van der Waals surface area contributed by atoms with Gasteiger partial charge >= 0.3 is 11.8 Å². The number of aromatic nitrogens is 2. The molecule has 1 aliphatic rings. The number of aromatic amines is 1. The van der Waals surface area contributed by atoms with Crippen molar-refractivity contribution in [1.29, 1.82) is 0 Å². The SMILES string of the molecule is CCCCN(C(=O)CN1CCN(C(=O)OCC)CC1)c1c(N)n(CC(C)C)c(=O)[nH]c1=O. The summed E-state index contributed by atoms with van der Waals surface area (Å²) >= 11 is 0. The van der Waals surface area contributed by atoms with Crippen molar-refractivity contribution in [2.24, 2.45) is 5.92 Å². The quantitative estimate of drug-likeness (QED) is 0.563. The van der Waals surface area contributed by atoms with E-state index < -0.39 is 11.2 Å². The molecule has 11 nitrogen and oxygen atoms in total. The molecule has 1 aromatic heterocycles. The zero-order valence-electron chi connectivity index (χ0n) is 19.6. The van der Waals surface area contributed by atoms with Gasteiger partial charge in [0.25, 0.3) is 5.56 Å². The summed E-state index contributed by atoms with van der Waals surface area (Å²) < 4.78 is 6.34. The van der Waals surface area contributed by atoms with Crippen LogP contribution in [0.1, 0.15) is 40.5 Å². The monoisotopic (exact) mass is 452 g/mol. The summed E-state index contributed by atoms with van der Waals surface area (Å²) in [5.74, 6) is -0.136. The van der Waals surface area contributed by atoms with Crippen molar-refractivity contribution in [3.63, 3.8) is 0 Å². The lowest BCUT2D eigenvalue weighted by atomic mass is 10.2. The number of piperazine rings is 1. The van der Waals surface area contributed by atoms with Crippen molar-refractivity contribution in [3.8, 4) is 0 Å². The van der Waals surface area contributed by atoms with Crippen LogP contribution in [0, 0.1) is 5.92 Å². The molecule has 2 heterocycles. The summed E-state index contributed by atoms with van der Waals surface area (Å²) in [4.78, 5) is 57.3. The fourth-order valence-electron chi connectivity index (χ4n) is 3.64. The Kier molecular flexibility index (Phi) is 9.30. The molecule has 3 N–H and O–H groups in total. The normalized spacial score (nSPS) is 14.6. The molecule has 1 aromatic rings. The van der Waals surface area contributed by atoms with E-state index in [9.17, 15) is 19.2 Å². The van der Waals surface area contributed by atoms with E-state index in [-0.39, 0.29) is 36.0 Å². The Morgan fingerprint density at radius 1 is 1.16 bits per heavy atom. The number of nitrogen functional groups attached to an aromatic ring is 1. The van der Waals surface area contributed by atoms with Gasteiger partial charge in [-0.05, 0) is 19.3 Å². The number of rotatable bonds is 9. The first kappa shape index (κ1) is 25.4. The zero-order valence-corrected chi connectivity index (χ0v) is 19.6. The van der Waals surface area contributed by atoms with Gasteiger partial charge in [0.05, 0.1) is 13.2 Å². The fourth-order valence-corrected chi connectivity index (χ4v) is 3.64. The van der Waals surface area contributed by atoms with E-state index in [1.165, 1.54) is 9.47 Å². The molecule has 0 spiro atoms. The van der Waals surface area contributed by atoms with E-state index in [0.29, 0.717) is 52.3 Å². The molecule has 2 amide bonds. The van der Waals surface area contributed by atoms with Gasteiger partial charge in [0.1, 0.15) is 5.82 Å². The Hall–Kier alpha value is -2.82. The Morgan fingerprint density at radius 3 is 2.38 bits per heavy atom. The molecule has 0 bridgehead atoms. The summed E-state index contributed by atoms with van der Waals surface area (Å²) in [6.45, 7) is 10.6. The van der Waals surface area contributed by atoms with Crippen molar-refractivity contribution in [3.05, 3.63) is 20.8 Å². The van der Waals surface area contributed by atoms with Crippen LogP contribution in [-0.2, 0) is 16.1 Å². The number of nitrogens with two attached hydrogens (primary N) is 1. The largest absolute Gasteiger partial charge is 0.450 e. The van der Waals surface area contributed by atoms with Gasteiger partial charge in [-0.1, -0.05) is 27.2 Å². The van der Waals surface area contributed by atoms with Gasteiger partial charge in [0.15, 0.2) is 5.69 Å². The number of nitrogens with one attached hydrogen (secondary N) is 1. The summed E-state index contributed by atoms with van der Waals surface area (Å²) in [6, 6.07) is 0. The van der Waals surface area contributed by atoms with Gasteiger partial charge in [0, 0.05) is 39.3 Å². The minimum Gasteiger partial charge on any atom is -0.450 e. The fraction of sp³-hybridized carbons (Fsp3) is 0.714. The second-order valence-corrected chi connectivity index (χ2v) is 8.36. The van der Waals surface area contributed by atoms with Crippen LogP contribution in [0.15, 0.2) is 9.59 Å². The molecule has 0 atom stereocenters. The number of ether oxygens (including phenoxy) is 1. The van der Waals surface area contributed by atoms with Crippen molar-refractivity contribution in [2.45, 2.75) is 47.1 Å². The minimum absolute atomic E-state index is 0.00373. The van der Waals surface area contributed by atoms with Crippen LogP contribution in [0.25, 0.3) is 0 Å². The number of nitrogens with zero attached hydrogens (tertiary/aromatic N) is 4. The summed E-state index contributed by atoms with van der Waals surface area (Å²) in [6.07, 6.45) is 1.16. The highest BCUT2D eigenvalue weighted by Gasteiger charge is 2.28. The van der Waals surface area contributed by atoms with E-state index in [1.807, 2.05) is 25.7 Å². The molecular weight excluding hydrogens is 416 g/mol. The summed E-state index contributed by atoms with van der Waals surface area (Å²) in [7, 11) is 0. The van der Waals surface area contributed by atoms with Crippen molar-refractivity contribution >= 4 is 23.5 Å². The summed E-state index contributed by atoms with van der Waals surface area (Å²) in [5, 5.41) is 0. The third-order valence-corrected chi connectivity index (χ3v) is 5.33. The first-order chi connectivity index (χ1) is 15.2. The molecule has 0 saturated carbocycles. The highest BCUT2D eigenvalue weighted by Crippen LogP contribution is 2.19. The van der Waals surface area contributed by atoms with E-state index >= 15 is 0 Å². The third kappa shape index (κ3) is 6.35. The predicted octanol–water partition coefficient (Wildman–Crippen LogP) is 0.682. The van der Waals surface area contributed by atoms with E-state index in [0.717, 1.165) is 6.42 Å². The Labute approximate surface area is 188 Å². The average Bonchev–Trinajstić information content (AvgIpc) is 2.73. The highest BCUT2D eigenvalue weighted by atomic mass is 16.6. The lowest BCUT2D eigenvalue weighted by Gasteiger charge is -2.34. The first-order valence-electron chi connectivity index (χ1n) is 11.3. The Balaban J connectivity index is 2.22. The number of unbranched alkanes of at least 4 members (excludes halogenated alkanes) is 1. The van der Waals surface area contributed by atoms with Crippen LogP contribution < -0.4 is 21.9 Å². The van der Waals surface area contributed by atoms with Crippen LogP contribution in [0.5, 0.6) is 0 Å². The van der Waals surface area contributed by atoms with Gasteiger partial charge in [-0.25, -0.2) is 9.59 Å². The van der Waals surface area contributed by atoms with Crippen molar-refractivity contribution in [1.82, 2.24) is 19.4 Å². The van der Waals surface area contributed by atoms with Crippen LogP contribution >= 0.6 is 0 Å². The van der Waals surface area contributed by atoms with Gasteiger partial charge in [-0.2, -0.15) is 0 Å². The smallest absolute Gasteiger partial charge is 0.409 e. The van der Waals surface area contributed by atoms with Gasteiger partial charge in [-0.15, -0.1) is 0 Å². The molecule has 0 aromatic carbocycles. The zero-order chi connectivity index (χ0) is 23.8. The lowest BCUT2D eigenvalue weighted by molar-refractivity contribution is -0.120. The number of amides is 2. The highest BCUT2D eigenvalue weighted by molar-refractivity contribution is 5.96. The summed E-state index contributed by atoms with van der Waals surface area (Å²) in [5.41, 5.74) is 5.01. The standard InChI is InChI=1S/C21H36N6O5/c1-5-7-8-26(17-18(22)27(13-15(3)4)20(30)23-19(17)29)16(28)14-24-9-11-25(12-10-24)21(31)32-6-2/h15H,5-14,22H2,1-4H3,(H,23,29,30). The second kappa shape index (κ2) is 11.7. The van der Waals surface area contributed by atoms with Crippen molar-refractivity contribution in [2.75, 3.05) is 56.5 Å². The van der Waals surface area contributed by atoms with Gasteiger partial charge < -0.3 is 20.3 Å². The Morgan fingerprint density at radius 2 is 1.81 bits per heavy atom. The topological polar surface area (TPSA) is 134 Å². The molecule has 1 fully saturated rings. The van der Waals surface area contributed by atoms with Crippen LogP contribution in [0.2, 0.25) is 0 Å². The molecule has 2 rings (SSSR count). The van der Waals surface area contributed by atoms with Crippen LogP contribution in [0.4, 0.5) is 16.3 Å². The van der Waals surface area contributed by atoms with Crippen LogP contribution in [0.3, 0.4) is 0 Å².